The molecular formula is C18H26N2O3. The normalized spacial score (nSPS) is 14.7. The van der Waals surface area contributed by atoms with Gasteiger partial charge in [0, 0.05) is 32.2 Å². The Balaban J connectivity index is 2.02. The lowest BCUT2D eigenvalue weighted by molar-refractivity contribution is -0.149. The number of aliphatic carboxylic acids is 1. The summed E-state index contributed by atoms with van der Waals surface area (Å²) in [7, 11) is 1.81. The molecule has 5 nitrogen and oxygen atoms in total. The van der Waals surface area contributed by atoms with Crippen LogP contribution in [0.1, 0.15) is 44.2 Å². The molecule has 1 aliphatic heterocycles. The molecule has 0 bridgehead atoms. The van der Waals surface area contributed by atoms with E-state index < -0.39 is 11.4 Å². The van der Waals surface area contributed by atoms with Crippen molar-refractivity contribution < 1.29 is 14.7 Å². The monoisotopic (exact) mass is 318 g/mol. The van der Waals surface area contributed by atoms with Crippen LogP contribution < -0.4 is 10.2 Å². The van der Waals surface area contributed by atoms with E-state index in [1.54, 1.807) is 4.90 Å². The number of rotatable bonds is 7. The van der Waals surface area contributed by atoms with Crippen molar-refractivity contribution in [3.63, 3.8) is 0 Å². The van der Waals surface area contributed by atoms with Gasteiger partial charge < -0.3 is 15.3 Å². The maximum Gasteiger partial charge on any atom is 0.310 e. The number of nitrogens with one attached hydrogen (secondary N) is 1. The van der Waals surface area contributed by atoms with Gasteiger partial charge in [0.2, 0.25) is 5.91 Å². The van der Waals surface area contributed by atoms with E-state index in [1.807, 2.05) is 33.0 Å². The standard InChI is InChI=1S/C18H26N2O3/c1-4-18(5-2,17(22)23)12-19-11-13-6-8-15-14(10-13)7-9-16(21)20(15)3/h6,8,10,19H,4-5,7,9,11-12H2,1-3H3,(H,22,23). The number of carboxylic acid groups (broad SMARTS) is 1. The van der Waals surface area contributed by atoms with Gasteiger partial charge in [-0.15, -0.1) is 0 Å². The van der Waals surface area contributed by atoms with Gasteiger partial charge in [-0.3, -0.25) is 9.59 Å². The molecule has 2 N–H and O–H groups in total. The minimum absolute atomic E-state index is 0.153. The zero-order chi connectivity index (χ0) is 17.0. The number of anilines is 1. The molecule has 0 atom stereocenters. The third-order valence-corrected chi connectivity index (χ3v) is 5.09. The summed E-state index contributed by atoms with van der Waals surface area (Å²) in [6.07, 6.45) is 2.55. The Morgan fingerprint density at radius 1 is 1.30 bits per heavy atom. The van der Waals surface area contributed by atoms with E-state index in [1.165, 1.54) is 5.56 Å². The van der Waals surface area contributed by atoms with Crippen molar-refractivity contribution >= 4 is 17.6 Å². The lowest BCUT2D eigenvalue weighted by atomic mass is 9.82. The summed E-state index contributed by atoms with van der Waals surface area (Å²) in [6.45, 7) is 4.95. The fourth-order valence-corrected chi connectivity index (χ4v) is 3.14. The summed E-state index contributed by atoms with van der Waals surface area (Å²) in [5, 5.41) is 12.7. The zero-order valence-corrected chi connectivity index (χ0v) is 14.2. The van der Waals surface area contributed by atoms with Gasteiger partial charge in [0.25, 0.3) is 0 Å². The van der Waals surface area contributed by atoms with Crippen LogP contribution in [0.2, 0.25) is 0 Å². The average molecular weight is 318 g/mol. The smallest absolute Gasteiger partial charge is 0.310 e. The fraction of sp³-hybridized carbons (Fsp3) is 0.556. The van der Waals surface area contributed by atoms with Crippen molar-refractivity contribution in [2.75, 3.05) is 18.5 Å². The van der Waals surface area contributed by atoms with E-state index in [2.05, 4.69) is 11.4 Å². The molecule has 0 unspecified atom stereocenters. The summed E-state index contributed by atoms with van der Waals surface area (Å²) in [5.74, 6) is -0.582. The van der Waals surface area contributed by atoms with E-state index in [0.717, 1.165) is 17.7 Å². The van der Waals surface area contributed by atoms with Crippen LogP contribution in [0.4, 0.5) is 5.69 Å². The van der Waals surface area contributed by atoms with Gasteiger partial charge >= 0.3 is 5.97 Å². The van der Waals surface area contributed by atoms with Gasteiger partial charge in [0.1, 0.15) is 0 Å². The van der Waals surface area contributed by atoms with E-state index >= 15 is 0 Å². The van der Waals surface area contributed by atoms with E-state index in [-0.39, 0.29) is 5.91 Å². The number of fused-ring (bicyclic) bond motifs is 1. The number of nitrogens with zero attached hydrogens (tertiary/aromatic N) is 1. The van der Waals surface area contributed by atoms with Crippen molar-refractivity contribution in [3.05, 3.63) is 29.3 Å². The third-order valence-electron chi connectivity index (χ3n) is 5.09. The number of carbonyl (C=O) groups is 2. The molecule has 0 radical (unpaired) electrons. The molecule has 1 aromatic carbocycles. The van der Waals surface area contributed by atoms with Gasteiger partial charge in [-0.1, -0.05) is 26.0 Å². The molecule has 126 valence electrons. The van der Waals surface area contributed by atoms with Crippen LogP contribution >= 0.6 is 0 Å². The summed E-state index contributed by atoms with van der Waals surface area (Å²) in [4.78, 5) is 24.9. The molecule has 0 aliphatic carbocycles. The average Bonchev–Trinajstić information content (AvgIpc) is 2.55. The molecule has 0 saturated carbocycles. The first-order chi connectivity index (χ1) is 10.9. The Labute approximate surface area is 137 Å². The summed E-state index contributed by atoms with van der Waals surface area (Å²) >= 11 is 0. The zero-order valence-electron chi connectivity index (χ0n) is 14.2. The SMILES string of the molecule is CCC(CC)(CNCc1ccc2c(c1)CCC(=O)N2C)C(=O)O. The van der Waals surface area contributed by atoms with Crippen LogP contribution in [-0.2, 0) is 22.6 Å². The molecule has 0 aromatic heterocycles. The maximum atomic E-state index is 11.7. The van der Waals surface area contributed by atoms with Crippen molar-refractivity contribution in [1.29, 1.82) is 0 Å². The number of benzene rings is 1. The summed E-state index contributed by atoms with van der Waals surface area (Å²) in [5.41, 5.74) is 2.59. The Morgan fingerprint density at radius 2 is 2.00 bits per heavy atom. The minimum Gasteiger partial charge on any atom is -0.481 e. The maximum absolute atomic E-state index is 11.7. The molecule has 1 heterocycles. The topological polar surface area (TPSA) is 69.6 Å². The number of aryl methyl sites for hydroxylation is 1. The van der Waals surface area contributed by atoms with Crippen LogP contribution in [0.3, 0.4) is 0 Å². The molecule has 1 aliphatic rings. The highest BCUT2D eigenvalue weighted by atomic mass is 16.4. The second kappa shape index (κ2) is 7.13. The van der Waals surface area contributed by atoms with Gasteiger partial charge in [0.15, 0.2) is 0 Å². The first kappa shape index (κ1) is 17.5. The predicted molar refractivity (Wildman–Crippen MR) is 90.5 cm³/mol. The molecule has 23 heavy (non-hydrogen) atoms. The van der Waals surface area contributed by atoms with Crippen LogP contribution in [0.15, 0.2) is 18.2 Å². The van der Waals surface area contributed by atoms with Gasteiger partial charge in [-0.25, -0.2) is 0 Å². The van der Waals surface area contributed by atoms with Gasteiger partial charge in [-0.05, 0) is 36.5 Å². The molecule has 1 amide bonds. The van der Waals surface area contributed by atoms with E-state index in [9.17, 15) is 14.7 Å². The number of hydrogen-bond donors (Lipinski definition) is 2. The number of carboxylic acids is 1. The van der Waals surface area contributed by atoms with E-state index in [0.29, 0.717) is 32.4 Å². The van der Waals surface area contributed by atoms with Crippen LogP contribution in [0.25, 0.3) is 0 Å². The first-order valence-corrected chi connectivity index (χ1v) is 8.26. The number of carbonyl (C=O) groups excluding carboxylic acids is 1. The third kappa shape index (κ3) is 3.55. The lowest BCUT2D eigenvalue weighted by Crippen LogP contribution is -2.40. The van der Waals surface area contributed by atoms with Gasteiger partial charge in [0.05, 0.1) is 5.41 Å². The van der Waals surface area contributed by atoms with Crippen LogP contribution in [-0.4, -0.2) is 30.6 Å². The number of amides is 1. The largest absolute Gasteiger partial charge is 0.481 e. The lowest BCUT2D eigenvalue weighted by Gasteiger charge is -2.28. The Bertz CT molecular complexity index is 594. The van der Waals surface area contributed by atoms with Crippen LogP contribution in [0, 0.1) is 5.41 Å². The molecule has 5 heteroatoms. The highest BCUT2D eigenvalue weighted by Crippen LogP contribution is 2.28. The van der Waals surface area contributed by atoms with Crippen molar-refractivity contribution in [2.24, 2.45) is 5.41 Å². The van der Waals surface area contributed by atoms with Crippen LogP contribution in [0.5, 0.6) is 0 Å². The molecule has 0 spiro atoms. The summed E-state index contributed by atoms with van der Waals surface area (Å²) in [6, 6.07) is 6.10. The Kier molecular flexibility index (Phi) is 5.42. The molecule has 0 fully saturated rings. The first-order valence-electron chi connectivity index (χ1n) is 8.26. The van der Waals surface area contributed by atoms with Crippen molar-refractivity contribution in [3.8, 4) is 0 Å². The number of hydrogen-bond acceptors (Lipinski definition) is 3. The fourth-order valence-electron chi connectivity index (χ4n) is 3.14. The highest BCUT2D eigenvalue weighted by Gasteiger charge is 2.34. The van der Waals surface area contributed by atoms with Crippen molar-refractivity contribution in [2.45, 2.75) is 46.1 Å². The predicted octanol–water partition coefficient (Wildman–Crippen LogP) is 2.58. The minimum atomic E-state index is -0.736. The van der Waals surface area contributed by atoms with Gasteiger partial charge in [-0.2, -0.15) is 0 Å². The van der Waals surface area contributed by atoms with E-state index in [4.69, 9.17) is 0 Å². The molecule has 0 saturated heterocycles. The second-order valence-corrected chi connectivity index (χ2v) is 6.31. The summed E-state index contributed by atoms with van der Waals surface area (Å²) < 4.78 is 0. The van der Waals surface area contributed by atoms with Crippen molar-refractivity contribution in [1.82, 2.24) is 5.32 Å². The Hall–Kier alpha value is -1.88. The molecular weight excluding hydrogens is 292 g/mol. The molecule has 1 aromatic rings. The Morgan fingerprint density at radius 3 is 2.61 bits per heavy atom. The highest BCUT2D eigenvalue weighted by molar-refractivity contribution is 5.95. The quantitative estimate of drug-likeness (QED) is 0.811. The second-order valence-electron chi connectivity index (χ2n) is 6.31. The molecule has 2 rings (SSSR count).